The molecule has 4 aliphatic rings. The molecule has 61 heavy (non-hydrogen) atoms. The van der Waals surface area contributed by atoms with E-state index in [2.05, 4.69) is 25.3 Å². The second-order valence-corrected chi connectivity index (χ2v) is 21.2. The lowest BCUT2D eigenvalue weighted by Crippen LogP contribution is -2.59. The number of halogens is 3. The minimum Gasteiger partial charge on any atom is -0.488 e. The molecule has 2 aliphatic carbocycles. The van der Waals surface area contributed by atoms with E-state index in [1.165, 1.54) is 34.5 Å². The Bertz CT molecular complexity index is 2230. The highest BCUT2D eigenvalue weighted by Crippen LogP contribution is 2.48. The van der Waals surface area contributed by atoms with E-state index in [1.54, 1.807) is 48.3 Å². The molecule has 330 valence electrons. The van der Waals surface area contributed by atoms with Crippen LogP contribution in [-0.2, 0) is 29.1 Å². The van der Waals surface area contributed by atoms with Crippen LogP contribution in [0.1, 0.15) is 79.6 Å². The number of pyridine rings is 1. The van der Waals surface area contributed by atoms with Crippen LogP contribution in [-0.4, -0.2) is 98.9 Å². The van der Waals surface area contributed by atoms with E-state index in [4.69, 9.17) is 14.5 Å². The molecule has 3 aromatic heterocycles. The van der Waals surface area contributed by atoms with Crippen LogP contribution in [0.25, 0.3) is 21.4 Å². The first-order valence-electron chi connectivity index (χ1n) is 20.0. The molecule has 1 unspecified atom stereocenters. The number of amides is 4. The maximum absolute atomic E-state index is 14.9. The molecule has 3 fully saturated rings. The fraction of sp³-hybridized carbons (Fsp3) is 0.575. The number of ether oxygens (including phenoxy) is 2. The Morgan fingerprint density at radius 3 is 2.23 bits per heavy atom. The molecule has 15 nitrogen and oxygen atoms in total. The topological polar surface area (TPSA) is 199 Å². The Kier molecular flexibility index (Phi) is 12.1. The molecule has 2 aliphatic heterocycles. The highest BCUT2D eigenvalue weighted by molar-refractivity contribution is 7.91. The van der Waals surface area contributed by atoms with Crippen molar-refractivity contribution in [3.8, 4) is 27.2 Å². The molecule has 0 bridgehead atoms. The Morgan fingerprint density at radius 1 is 1.02 bits per heavy atom. The number of thiazole rings is 2. The summed E-state index contributed by atoms with van der Waals surface area (Å²) >= 11 is 2.71. The number of carbonyl (C=O) groups excluding carboxylic acids is 4. The fourth-order valence-corrected chi connectivity index (χ4v) is 10.2. The average molecular weight is 908 g/mol. The fourth-order valence-electron chi connectivity index (χ4n) is 7.73. The lowest BCUT2D eigenvalue weighted by atomic mass is 9.88. The lowest BCUT2D eigenvalue weighted by Gasteiger charge is -2.34. The quantitative estimate of drug-likeness (QED) is 0.213. The number of sulfonamides is 1. The van der Waals surface area contributed by atoms with Crippen molar-refractivity contribution in [3.63, 3.8) is 0 Å². The summed E-state index contributed by atoms with van der Waals surface area (Å²) in [7, 11) is -4.09. The molecule has 5 heterocycles. The summed E-state index contributed by atoms with van der Waals surface area (Å²) in [4.78, 5) is 71.3. The molecule has 1 saturated heterocycles. The average Bonchev–Trinajstić information content (AvgIpc) is 3.73. The van der Waals surface area contributed by atoms with Crippen molar-refractivity contribution in [1.82, 2.24) is 35.2 Å². The largest absolute Gasteiger partial charge is 0.488 e. The molecular weight excluding hydrogens is 860 g/mol. The Morgan fingerprint density at radius 2 is 1.66 bits per heavy atom. The number of hydrogen-bond acceptors (Lipinski definition) is 13. The van der Waals surface area contributed by atoms with Crippen molar-refractivity contribution in [2.75, 3.05) is 6.54 Å². The monoisotopic (exact) mass is 907 g/mol. The zero-order valence-electron chi connectivity index (χ0n) is 34.2. The van der Waals surface area contributed by atoms with Crippen molar-refractivity contribution < 1.29 is 50.2 Å². The highest BCUT2D eigenvalue weighted by atomic mass is 32.2. The third-order valence-corrected chi connectivity index (χ3v) is 15.7. The molecule has 0 aromatic carbocycles. The third-order valence-electron chi connectivity index (χ3n) is 12.0. The summed E-state index contributed by atoms with van der Waals surface area (Å²) in [6, 6.07) is 0.562. The molecule has 0 radical (unpaired) electrons. The summed E-state index contributed by atoms with van der Waals surface area (Å²) in [6.45, 7) is 6.34. The van der Waals surface area contributed by atoms with Crippen LogP contribution in [0.2, 0.25) is 0 Å². The predicted molar refractivity (Wildman–Crippen MR) is 220 cm³/mol. The van der Waals surface area contributed by atoms with Gasteiger partial charge in [-0.25, -0.2) is 28.2 Å². The highest BCUT2D eigenvalue weighted by Gasteiger charge is 2.63. The number of rotatable bonds is 9. The van der Waals surface area contributed by atoms with Crippen molar-refractivity contribution in [1.29, 1.82) is 0 Å². The van der Waals surface area contributed by atoms with Crippen molar-refractivity contribution in [2.24, 2.45) is 17.8 Å². The van der Waals surface area contributed by atoms with Crippen LogP contribution in [0.3, 0.4) is 0 Å². The number of nitrogens with zero attached hydrogens (tertiary/aromatic N) is 4. The number of hydrogen-bond donors (Lipinski definition) is 3. The summed E-state index contributed by atoms with van der Waals surface area (Å²) in [6.07, 6.45) is 1.90. The van der Waals surface area contributed by atoms with Crippen molar-refractivity contribution in [2.45, 2.75) is 120 Å². The van der Waals surface area contributed by atoms with Gasteiger partial charge in [0.1, 0.15) is 50.9 Å². The lowest BCUT2D eigenvalue weighted by molar-refractivity contribution is -0.244. The van der Waals surface area contributed by atoms with Crippen LogP contribution in [0.15, 0.2) is 47.4 Å². The van der Waals surface area contributed by atoms with Crippen LogP contribution in [0, 0.1) is 17.8 Å². The van der Waals surface area contributed by atoms with Crippen LogP contribution >= 0.6 is 22.7 Å². The van der Waals surface area contributed by atoms with Crippen molar-refractivity contribution in [3.05, 3.63) is 47.4 Å². The Hall–Kier alpha value is -4.63. The molecule has 4 amide bonds. The van der Waals surface area contributed by atoms with Gasteiger partial charge in [0.25, 0.3) is 5.91 Å². The van der Waals surface area contributed by atoms with E-state index in [0.29, 0.717) is 73.1 Å². The number of nitrogens with one attached hydrogen (secondary N) is 3. The second-order valence-electron chi connectivity index (χ2n) is 17.2. The van der Waals surface area contributed by atoms with E-state index in [1.807, 2.05) is 13.0 Å². The van der Waals surface area contributed by atoms with Crippen molar-refractivity contribution >= 4 is 56.5 Å². The predicted octanol–water partition coefficient (Wildman–Crippen LogP) is 6.00. The maximum atomic E-state index is 14.9. The number of aromatic nitrogens is 3. The van der Waals surface area contributed by atoms with Gasteiger partial charge in [-0.2, -0.15) is 13.2 Å². The molecule has 0 spiro atoms. The van der Waals surface area contributed by atoms with Crippen LogP contribution < -0.4 is 20.1 Å². The first-order chi connectivity index (χ1) is 28.6. The molecule has 3 aromatic rings. The van der Waals surface area contributed by atoms with Gasteiger partial charge in [-0.3, -0.25) is 19.1 Å². The van der Waals surface area contributed by atoms with E-state index in [0.717, 1.165) is 0 Å². The standard InChI is InChI=1S/C40H48F3N7O8S3/c1-22-8-6-7-9-24-20-39(24,35(53)49-61(55,56)38(5)10-11-38)48-31(51)29-19-26(57-25-17-27(32-44-12-14-59-32)46-28(18-25)33-45-13-15-60-33)21-50(29)34(52)30(23(2)16-22)47-36(54)58-37(3,4)40(41,42)43/h7,9,12-15,17-18,22-24,26,29-30H,6,8,10-11,16,19-21H2,1-5H3,(H,47,54)(H,48,51)(H,49,53)/b9-7-/t22-,23+,24?,26+,29-,30-,39+/m0/s1. The van der Waals surface area contributed by atoms with Gasteiger partial charge >= 0.3 is 12.3 Å². The van der Waals surface area contributed by atoms with Crippen LogP contribution in [0.5, 0.6) is 5.75 Å². The van der Waals surface area contributed by atoms with Gasteiger partial charge in [-0.1, -0.05) is 26.0 Å². The normalized spacial score (nSPS) is 28.6. The zero-order chi connectivity index (χ0) is 44.1. The van der Waals surface area contributed by atoms with E-state index in [-0.39, 0.29) is 25.3 Å². The number of fused-ring (bicyclic) bond motifs is 2. The van der Waals surface area contributed by atoms with Gasteiger partial charge < -0.3 is 25.0 Å². The Labute approximate surface area is 359 Å². The number of carbonyl (C=O) groups is 4. The first-order valence-corrected chi connectivity index (χ1v) is 23.3. The summed E-state index contributed by atoms with van der Waals surface area (Å²) in [5.74, 6) is -3.38. The van der Waals surface area contributed by atoms with Gasteiger partial charge in [0, 0.05) is 47.6 Å². The molecule has 7 atom stereocenters. The first kappa shape index (κ1) is 44.4. The summed E-state index contributed by atoms with van der Waals surface area (Å²) < 4.78 is 80.3. The summed E-state index contributed by atoms with van der Waals surface area (Å²) in [5.41, 5.74) is -3.57. The smallest absolute Gasteiger partial charge is 0.427 e. The SMILES string of the molecule is C[C@H]1CC/C=C\C2C[C@@]2(C(=O)NS(=O)(=O)C2(C)CC2)NC(=O)[C@@H]2C[C@@H](Oc3cc(-c4nccs4)nc(-c4nccs4)c3)CN2C(=O)[C@@H](NC(=O)OC(C)(C)C(F)(F)F)[C@H](C)C1. The van der Waals surface area contributed by atoms with E-state index in [9.17, 15) is 40.8 Å². The van der Waals surface area contributed by atoms with E-state index < -0.39 is 85.9 Å². The number of alkyl carbamates (subject to hydrolysis) is 1. The Balaban J connectivity index is 1.23. The maximum Gasteiger partial charge on any atom is 0.427 e. The molecule has 2 saturated carbocycles. The molecule has 21 heteroatoms. The van der Waals surface area contributed by atoms with Gasteiger partial charge in [-0.15, -0.1) is 22.7 Å². The second kappa shape index (κ2) is 16.6. The van der Waals surface area contributed by atoms with E-state index >= 15 is 0 Å². The minimum atomic E-state index is -4.92. The molecule has 7 rings (SSSR count). The number of alkyl halides is 3. The van der Waals surface area contributed by atoms with Gasteiger partial charge in [-0.05, 0) is 71.1 Å². The van der Waals surface area contributed by atoms with Gasteiger partial charge in [0.15, 0.2) is 0 Å². The minimum absolute atomic E-state index is 0.0443. The zero-order valence-corrected chi connectivity index (χ0v) is 36.6. The molecular formula is C40H48F3N7O8S3. The van der Waals surface area contributed by atoms with Crippen LogP contribution in [0.4, 0.5) is 18.0 Å². The van der Waals surface area contributed by atoms with Gasteiger partial charge in [0.05, 0.1) is 11.3 Å². The third kappa shape index (κ3) is 9.42. The molecule has 3 N–H and O–H groups in total. The number of allylic oxidation sites excluding steroid dienone is 1. The summed E-state index contributed by atoms with van der Waals surface area (Å²) in [5, 5.41) is 9.99. The van der Waals surface area contributed by atoms with Gasteiger partial charge in [0.2, 0.25) is 27.4 Å².